The van der Waals surface area contributed by atoms with Gasteiger partial charge in [0, 0.05) is 38.1 Å². The zero-order valence-corrected chi connectivity index (χ0v) is 16.0. The first kappa shape index (κ1) is 18.8. The molecule has 3 aliphatic heterocycles. The van der Waals surface area contributed by atoms with E-state index < -0.39 is 23.8 Å². The van der Waals surface area contributed by atoms with Crippen LogP contribution in [0, 0.1) is 0 Å². The van der Waals surface area contributed by atoms with Crippen molar-refractivity contribution in [2.75, 3.05) is 13.1 Å². The summed E-state index contributed by atoms with van der Waals surface area (Å²) in [6.07, 6.45) is 0.282. The van der Waals surface area contributed by atoms with Crippen LogP contribution in [0.2, 0.25) is 0 Å². The lowest BCUT2D eigenvalue weighted by Crippen LogP contribution is -2.54. The molecule has 4 rings (SSSR count). The predicted molar refractivity (Wildman–Crippen MR) is 100 cm³/mol. The van der Waals surface area contributed by atoms with Crippen molar-refractivity contribution >= 4 is 23.6 Å². The first-order valence-electron chi connectivity index (χ1n) is 9.68. The van der Waals surface area contributed by atoms with E-state index in [9.17, 15) is 19.2 Å². The number of hydrogen-bond donors (Lipinski definition) is 2. The summed E-state index contributed by atoms with van der Waals surface area (Å²) in [5.74, 6) is -1.87. The van der Waals surface area contributed by atoms with Crippen LogP contribution in [0.4, 0.5) is 0 Å². The van der Waals surface area contributed by atoms with Crippen molar-refractivity contribution in [2.45, 2.75) is 51.4 Å². The van der Waals surface area contributed by atoms with Gasteiger partial charge in [-0.1, -0.05) is 12.1 Å². The van der Waals surface area contributed by atoms with Gasteiger partial charge in [0.05, 0.1) is 11.1 Å². The molecule has 1 unspecified atom stereocenters. The zero-order chi connectivity index (χ0) is 20.0. The number of nitrogens with one attached hydrogen (secondary N) is 2. The molecule has 0 aliphatic carbocycles. The molecule has 148 valence electrons. The van der Waals surface area contributed by atoms with E-state index in [0.717, 1.165) is 23.6 Å². The summed E-state index contributed by atoms with van der Waals surface area (Å²) >= 11 is 0. The monoisotopic (exact) mass is 384 g/mol. The van der Waals surface area contributed by atoms with Crippen molar-refractivity contribution in [3.8, 4) is 0 Å². The summed E-state index contributed by atoms with van der Waals surface area (Å²) in [6, 6.07) is 4.96. The molecule has 0 aromatic heterocycles. The Balaban J connectivity index is 1.64. The molecule has 2 N–H and O–H groups in total. The highest BCUT2D eigenvalue weighted by molar-refractivity contribution is 6.24. The summed E-state index contributed by atoms with van der Waals surface area (Å²) < 4.78 is 0. The van der Waals surface area contributed by atoms with Crippen LogP contribution in [0.3, 0.4) is 0 Å². The van der Waals surface area contributed by atoms with Gasteiger partial charge in [0.1, 0.15) is 6.04 Å². The van der Waals surface area contributed by atoms with Crippen LogP contribution in [0.25, 0.3) is 0 Å². The number of carbonyl (C=O) groups is 4. The number of piperazine rings is 1. The van der Waals surface area contributed by atoms with Crippen LogP contribution < -0.4 is 10.6 Å². The fourth-order valence-electron chi connectivity index (χ4n) is 4.40. The van der Waals surface area contributed by atoms with Crippen molar-refractivity contribution in [2.24, 2.45) is 0 Å². The molecule has 0 saturated carbocycles. The topological polar surface area (TPSA) is 98.8 Å². The van der Waals surface area contributed by atoms with Crippen molar-refractivity contribution < 1.29 is 19.2 Å². The number of nitrogens with zero attached hydrogens (tertiary/aromatic N) is 2. The van der Waals surface area contributed by atoms with Crippen molar-refractivity contribution in [1.29, 1.82) is 0 Å². The summed E-state index contributed by atoms with van der Waals surface area (Å²) in [6.45, 7) is 6.57. The lowest BCUT2D eigenvalue weighted by molar-refractivity contribution is -0.136. The number of benzene rings is 1. The first-order chi connectivity index (χ1) is 13.4. The molecule has 0 bridgehead atoms. The summed E-state index contributed by atoms with van der Waals surface area (Å²) in [7, 11) is 0. The van der Waals surface area contributed by atoms with E-state index in [-0.39, 0.29) is 18.7 Å². The molecule has 0 spiro atoms. The smallest absolute Gasteiger partial charge is 0.262 e. The van der Waals surface area contributed by atoms with Gasteiger partial charge >= 0.3 is 0 Å². The van der Waals surface area contributed by atoms with Gasteiger partial charge in [0.2, 0.25) is 11.8 Å². The van der Waals surface area contributed by atoms with Gasteiger partial charge in [-0.15, -0.1) is 0 Å². The average Bonchev–Trinajstić information content (AvgIpc) is 2.90. The van der Waals surface area contributed by atoms with Gasteiger partial charge in [-0.05, 0) is 31.9 Å². The normalized spacial score (nSPS) is 28.5. The van der Waals surface area contributed by atoms with Crippen molar-refractivity contribution in [1.82, 2.24) is 20.4 Å². The summed E-state index contributed by atoms with van der Waals surface area (Å²) in [5.41, 5.74) is 1.52. The van der Waals surface area contributed by atoms with Crippen LogP contribution in [-0.2, 0) is 16.1 Å². The number of amides is 4. The molecule has 4 amide bonds. The van der Waals surface area contributed by atoms with E-state index in [1.807, 2.05) is 6.07 Å². The molecule has 28 heavy (non-hydrogen) atoms. The second-order valence-electron chi connectivity index (χ2n) is 7.82. The SMILES string of the molecule is C[C@@H]1CNC[C@H](C)N1Cc1cccc2c1C(=O)N(C1CCC(=O)NC1=O)C2=O. The van der Waals surface area contributed by atoms with E-state index in [4.69, 9.17) is 0 Å². The van der Waals surface area contributed by atoms with E-state index in [1.165, 1.54) is 0 Å². The maximum Gasteiger partial charge on any atom is 0.262 e. The fourth-order valence-corrected chi connectivity index (χ4v) is 4.40. The average molecular weight is 384 g/mol. The number of hydrogen-bond acceptors (Lipinski definition) is 6. The van der Waals surface area contributed by atoms with E-state index >= 15 is 0 Å². The Bertz CT molecular complexity index is 858. The van der Waals surface area contributed by atoms with Gasteiger partial charge in [-0.2, -0.15) is 0 Å². The Morgan fingerprint density at radius 1 is 1.04 bits per heavy atom. The molecule has 2 saturated heterocycles. The maximum absolute atomic E-state index is 13.2. The van der Waals surface area contributed by atoms with Gasteiger partial charge in [-0.3, -0.25) is 34.3 Å². The standard InChI is InChI=1S/C20H24N4O4/c1-11-8-21-9-12(2)23(11)10-13-4-3-5-14-17(13)20(28)24(19(14)27)15-6-7-16(25)22-18(15)26/h3-5,11-12,15,21H,6-10H2,1-2H3,(H,22,25,26)/t11-,12+,15?. The van der Waals surface area contributed by atoms with Gasteiger partial charge in [-0.25, -0.2) is 0 Å². The Morgan fingerprint density at radius 2 is 1.75 bits per heavy atom. The highest BCUT2D eigenvalue weighted by Gasteiger charge is 2.45. The molecule has 2 fully saturated rings. The first-order valence-corrected chi connectivity index (χ1v) is 9.68. The Hall–Kier alpha value is -2.58. The third kappa shape index (κ3) is 3.02. The third-order valence-electron chi connectivity index (χ3n) is 5.92. The summed E-state index contributed by atoms with van der Waals surface area (Å²) in [5, 5.41) is 5.61. The Labute approximate surface area is 163 Å². The highest BCUT2D eigenvalue weighted by Crippen LogP contribution is 2.31. The number of piperidine rings is 1. The van der Waals surface area contributed by atoms with Crippen molar-refractivity contribution in [3.63, 3.8) is 0 Å². The minimum Gasteiger partial charge on any atom is -0.314 e. The quantitative estimate of drug-likeness (QED) is 0.726. The van der Waals surface area contributed by atoms with Crippen LogP contribution in [0.5, 0.6) is 0 Å². The minimum absolute atomic E-state index is 0.118. The molecule has 8 heteroatoms. The zero-order valence-electron chi connectivity index (χ0n) is 16.0. The Morgan fingerprint density at radius 3 is 2.43 bits per heavy atom. The fraction of sp³-hybridized carbons (Fsp3) is 0.500. The number of carbonyl (C=O) groups excluding carboxylic acids is 4. The second kappa shape index (κ2) is 7.10. The molecule has 3 aliphatic rings. The van der Waals surface area contributed by atoms with Gasteiger partial charge in [0.25, 0.3) is 11.8 Å². The minimum atomic E-state index is -0.935. The molecule has 1 aromatic carbocycles. The van der Waals surface area contributed by atoms with E-state index in [2.05, 4.69) is 29.4 Å². The number of rotatable bonds is 3. The van der Waals surface area contributed by atoms with Crippen molar-refractivity contribution in [3.05, 3.63) is 34.9 Å². The molecular weight excluding hydrogens is 360 g/mol. The van der Waals surface area contributed by atoms with E-state index in [0.29, 0.717) is 29.8 Å². The van der Waals surface area contributed by atoms with E-state index in [1.54, 1.807) is 12.1 Å². The van der Waals surface area contributed by atoms with Crippen LogP contribution >= 0.6 is 0 Å². The van der Waals surface area contributed by atoms with Gasteiger partial charge in [0.15, 0.2) is 0 Å². The van der Waals surface area contributed by atoms with Crippen LogP contribution in [-0.4, -0.2) is 64.6 Å². The number of fused-ring (bicyclic) bond motifs is 1. The van der Waals surface area contributed by atoms with Crippen LogP contribution in [0.15, 0.2) is 18.2 Å². The largest absolute Gasteiger partial charge is 0.314 e. The lowest BCUT2D eigenvalue weighted by atomic mass is 10.00. The molecule has 8 nitrogen and oxygen atoms in total. The maximum atomic E-state index is 13.2. The highest BCUT2D eigenvalue weighted by atomic mass is 16.2. The molecule has 3 heterocycles. The molecular formula is C20H24N4O4. The Kier molecular flexibility index (Phi) is 4.76. The second-order valence-corrected chi connectivity index (χ2v) is 7.82. The predicted octanol–water partition coefficient (Wildman–Crippen LogP) is 0.270. The summed E-state index contributed by atoms with van der Waals surface area (Å²) in [4.78, 5) is 53.1. The lowest BCUT2D eigenvalue weighted by Gasteiger charge is -2.39. The van der Waals surface area contributed by atoms with Crippen LogP contribution in [0.1, 0.15) is 53.0 Å². The molecule has 1 aromatic rings. The number of imide groups is 2. The van der Waals surface area contributed by atoms with Gasteiger partial charge < -0.3 is 5.32 Å². The third-order valence-corrected chi connectivity index (χ3v) is 5.92. The molecule has 3 atom stereocenters. The molecule has 0 radical (unpaired) electrons.